The zero-order valence-electron chi connectivity index (χ0n) is 12.9. The van der Waals surface area contributed by atoms with Gasteiger partial charge in [-0.05, 0) is 0 Å². The summed E-state index contributed by atoms with van der Waals surface area (Å²) in [7, 11) is 0. The van der Waals surface area contributed by atoms with Gasteiger partial charge in [-0.3, -0.25) is 0 Å². The van der Waals surface area contributed by atoms with Crippen molar-refractivity contribution in [3.05, 3.63) is 0 Å². The van der Waals surface area contributed by atoms with E-state index < -0.39 is 6.03 Å². The Bertz CT molecular complexity index is 176. The first-order chi connectivity index (χ1) is 9.06. The third-order valence-corrected chi connectivity index (χ3v) is 2.96. The van der Waals surface area contributed by atoms with Crippen LogP contribution in [0.15, 0.2) is 0 Å². The Kier molecular flexibility index (Phi) is 18.6. The molecule has 6 N–H and O–H groups in total. The summed E-state index contributed by atoms with van der Waals surface area (Å²) >= 11 is 0. The number of hydrogen-bond acceptors (Lipinski definition) is 3. The number of primary amides is 1. The van der Waals surface area contributed by atoms with Crippen LogP contribution in [-0.4, -0.2) is 11.1 Å². The number of hydrogen-bond donors (Lipinski definition) is 3. The molecule has 0 rings (SSSR count). The summed E-state index contributed by atoms with van der Waals surface area (Å²) < 4.78 is 0. The molecule has 0 spiro atoms. The third kappa shape index (κ3) is 22.8. The maximum Gasteiger partial charge on any atom is 0.343 e. The molecule has 5 heteroatoms. The van der Waals surface area contributed by atoms with Crippen molar-refractivity contribution in [1.29, 1.82) is 0 Å². The van der Waals surface area contributed by atoms with E-state index in [4.69, 9.17) is 0 Å². The Morgan fingerprint density at radius 3 is 1.11 bits per heavy atom. The number of carbonyl (C=O) groups excluding carboxylic acids is 1. The highest BCUT2D eigenvalue weighted by molar-refractivity contribution is 5.70. The topological polar surface area (TPSA) is 98.4 Å². The summed E-state index contributed by atoms with van der Waals surface area (Å²) in [4.78, 5) is 9.60. The van der Waals surface area contributed by atoms with E-state index in [0.29, 0.717) is 5.12 Å². The number of rotatable bonds is 10. The number of nitrogens with zero attached hydrogens (tertiary/aromatic N) is 1. The van der Waals surface area contributed by atoms with Gasteiger partial charge in [0.2, 0.25) is 0 Å². The van der Waals surface area contributed by atoms with Gasteiger partial charge in [-0.25, -0.2) is 16.5 Å². The van der Waals surface area contributed by atoms with E-state index in [-0.39, 0.29) is 0 Å². The second kappa shape index (κ2) is 17.2. The molecule has 0 unspecified atom stereocenters. The monoisotopic (exact) mass is 274 g/mol. The molecule has 0 saturated carbocycles. The van der Waals surface area contributed by atoms with Gasteiger partial charge < -0.3 is 5.73 Å². The van der Waals surface area contributed by atoms with Crippen LogP contribution in [-0.2, 0) is 0 Å². The van der Waals surface area contributed by atoms with Crippen molar-refractivity contribution in [3.63, 3.8) is 0 Å². The lowest BCUT2D eigenvalue weighted by Crippen LogP contribution is -2.46. The van der Waals surface area contributed by atoms with Crippen LogP contribution in [0.4, 0.5) is 4.79 Å². The molecule has 0 aromatic carbocycles. The molecule has 0 atom stereocenters. The van der Waals surface area contributed by atoms with Gasteiger partial charge in [-0.2, -0.15) is 5.12 Å². The molecule has 0 aromatic heterocycles. The SMILES string of the molecule is CCCCCCCCCCCCC.NC(=O)N(N)N. The molecule has 5 nitrogen and oxygen atoms in total. The van der Waals surface area contributed by atoms with Crippen LogP contribution in [0.25, 0.3) is 0 Å². The Balaban J connectivity index is 0. The number of hydrazine groups is 2. The molecule has 0 aromatic rings. The second-order valence-corrected chi connectivity index (χ2v) is 4.93. The molecule has 2 amide bonds. The average Bonchev–Trinajstić information content (AvgIpc) is 2.37. The standard InChI is InChI=1S/C13H28.CH6N4O/c1-3-5-7-9-11-13-12-10-8-6-4-2;2-1(6)5(3)4/h3-13H2,1-2H3;3-4H2,(H2,2,6). The highest BCUT2D eigenvalue weighted by atomic mass is 16.2. The minimum Gasteiger partial charge on any atom is -0.349 e. The lowest BCUT2D eigenvalue weighted by atomic mass is 10.1. The van der Waals surface area contributed by atoms with Crippen LogP contribution in [0.3, 0.4) is 0 Å². The number of carbonyl (C=O) groups is 1. The van der Waals surface area contributed by atoms with Crippen molar-refractivity contribution in [2.45, 2.75) is 84.5 Å². The van der Waals surface area contributed by atoms with E-state index in [1.165, 1.54) is 70.6 Å². The lowest BCUT2D eigenvalue weighted by Gasteiger charge is -2.00. The Morgan fingerprint density at radius 2 is 0.947 bits per heavy atom. The van der Waals surface area contributed by atoms with Crippen LogP contribution >= 0.6 is 0 Å². The van der Waals surface area contributed by atoms with Crippen molar-refractivity contribution < 1.29 is 4.79 Å². The molecule has 0 aliphatic heterocycles. The molecule has 0 bridgehead atoms. The van der Waals surface area contributed by atoms with Gasteiger partial charge in [-0.1, -0.05) is 84.5 Å². The van der Waals surface area contributed by atoms with E-state index in [9.17, 15) is 4.79 Å². The normalized spacial score (nSPS) is 9.68. The van der Waals surface area contributed by atoms with Gasteiger partial charge in [0.05, 0.1) is 0 Å². The fourth-order valence-corrected chi connectivity index (χ4v) is 1.74. The summed E-state index contributed by atoms with van der Waals surface area (Å²) in [6.07, 6.45) is 15.9. The number of unbranched alkanes of at least 4 members (excludes halogenated alkanes) is 10. The quantitative estimate of drug-likeness (QED) is 0.246. The maximum atomic E-state index is 9.60. The van der Waals surface area contributed by atoms with E-state index in [1.807, 2.05) is 0 Å². The smallest absolute Gasteiger partial charge is 0.343 e. The minimum absolute atomic E-state index is 0.306. The highest BCUT2D eigenvalue weighted by Gasteiger charge is 1.91. The fraction of sp³-hybridized carbons (Fsp3) is 0.929. The van der Waals surface area contributed by atoms with Crippen molar-refractivity contribution in [2.24, 2.45) is 17.4 Å². The molecular weight excluding hydrogens is 240 g/mol. The first-order valence-electron chi connectivity index (χ1n) is 7.65. The molecule has 0 aliphatic rings. The summed E-state index contributed by atoms with van der Waals surface area (Å²) in [5, 5.41) is 0.306. The van der Waals surface area contributed by atoms with Gasteiger partial charge in [0, 0.05) is 0 Å². The summed E-state index contributed by atoms with van der Waals surface area (Å²) in [5.41, 5.74) is 4.47. The van der Waals surface area contributed by atoms with Crippen molar-refractivity contribution >= 4 is 6.03 Å². The first kappa shape index (κ1) is 20.5. The zero-order chi connectivity index (χ0) is 14.9. The van der Waals surface area contributed by atoms with Crippen LogP contribution in [0.5, 0.6) is 0 Å². The van der Waals surface area contributed by atoms with Crippen LogP contribution < -0.4 is 17.4 Å². The van der Waals surface area contributed by atoms with Gasteiger partial charge in [0.1, 0.15) is 0 Å². The zero-order valence-corrected chi connectivity index (χ0v) is 12.9. The Morgan fingerprint density at radius 1 is 0.737 bits per heavy atom. The maximum absolute atomic E-state index is 9.60. The first-order valence-corrected chi connectivity index (χ1v) is 7.65. The van der Waals surface area contributed by atoms with Crippen LogP contribution in [0, 0.1) is 0 Å². The molecule has 0 heterocycles. The third-order valence-electron chi connectivity index (χ3n) is 2.96. The molecule has 0 aliphatic carbocycles. The predicted octanol–water partition coefficient (Wildman–Crippen LogP) is 3.43. The summed E-state index contributed by atoms with van der Waals surface area (Å²) in [6.45, 7) is 4.56. The molecule has 116 valence electrons. The highest BCUT2D eigenvalue weighted by Crippen LogP contribution is 2.10. The number of nitrogens with two attached hydrogens (primary N) is 3. The van der Waals surface area contributed by atoms with Gasteiger partial charge in [0.25, 0.3) is 0 Å². The molecular formula is C14H34N4O. The van der Waals surface area contributed by atoms with Crippen LogP contribution in [0.2, 0.25) is 0 Å². The van der Waals surface area contributed by atoms with E-state index in [2.05, 4.69) is 31.3 Å². The van der Waals surface area contributed by atoms with Crippen molar-refractivity contribution in [3.8, 4) is 0 Å². The van der Waals surface area contributed by atoms with E-state index >= 15 is 0 Å². The second-order valence-electron chi connectivity index (χ2n) is 4.93. The molecule has 0 saturated heterocycles. The summed E-state index contributed by atoms with van der Waals surface area (Å²) in [6, 6.07) is -0.852. The van der Waals surface area contributed by atoms with E-state index in [1.54, 1.807) is 0 Å². The van der Waals surface area contributed by atoms with Crippen LogP contribution in [0.1, 0.15) is 84.5 Å². The van der Waals surface area contributed by atoms with Gasteiger partial charge >= 0.3 is 6.03 Å². The molecule has 0 fully saturated rings. The largest absolute Gasteiger partial charge is 0.349 e. The van der Waals surface area contributed by atoms with Crippen molar-refractivity contribution in [1.82, 2.24) is 5.12 Å². The summed E-state index contributed by atoms with van der Waals surface area (Å²) in [5.74, 6) is 9.14. The molecule has 0 radical (unpaired) electrons. The molecule has 19 heavy (non-hydrogen) atoms. The lowest BCUT2D eigenvalue weighted by molar-refractivity contribution is 0.210. The average molecular weight is 274 g/mol. The van der Waals surface area contributed by atoms with Gasteiger partial charge in [0.15, 0.2) is 0 Å². The Hall–Kier alpha value is -0.810. The number of amides is 2. The fourth-order valence-electron chi connectivity index (χ4n) is 1.74. The van der Waals surface area contributed by atoms with E-state index in [0.717, 1.165) is 0 Å². The Labute approximate surface area is 118 Å². The predicted molar refractivity (Wildman–Crippen MR) is 81.9 cm³/mol. The van der Waals surface area contributed by atoms with Gasteiger partial charge in [-0.15, -0.1) is 0 Å². The minimum atomic E-state index is -0.852. The number of urea groups is 1. The van der Waals surface area contributed by atoms with Crippen molar-refractivity contribution in [2.75, 3.05) is 0 Å².